The Morgan fingerprint density at radius 1 is 0.623 bits per heavy atom. The molecule has 0 aromatic heterocycles. The van der Waals surface area contributed by atoms with E-state index < -0.39 is 28.7 Å². The Balaban J connectivity index is 0.000000325. The largest absolute Gasteiger partial charge is 0.497 e. The first-order valence-electron chi connectivity index (χ1n) is 19.6. The number of hydrogen-bond acceptors (Lipinski definition) is 11. The average molecular weight is 892 g/mol. The maximum absolute atomic E-state index is 14.1. The van der Waals surface area contributed by atoms with Crippen molar-refractivity contribution in [2.24, 2.45) is 0 Å². The van der Waals surface area contributed by atoms with Crippen molar-refractivity contribution in [1.29, 1.82) is 0 Å². The quantitative estimate of drug-likeness (QED) is 0.0381. The number of nitrogens with one attached hydrogen (secondary N) is 4. The summed E-state index contributed by atoms with van der Waals surface area (Å²) >= 11 is 12.6. The third-order valence-corrected chi connectivity index (χ3v) is 10.4. The molecule has 0 unspecified atom stereocenters. The van der Waals surface area contributed by atoms with Gasteiger partial charge in [-0.2, -0.15) is 0 Å². The number of carboxylic acid groups (broad SMARTS) is 1. The number of hydrogen-bond donors (Lipinski definition) is 5. The minimum absolute atomic E-state index is 0.178. The van der Waals surface area contributed by atoms with Gasteiger partial charge in [-0.05, 0) is 125 Å². The van der Waals surface area contributed by atoms with E-state index in [0.29, 0.717) is 65.0 Å². The van der Waals surface area contributed by atoms with Crippen molar-refractivity contribution in [3.63, 3.8) is 0 Å². The molecular weight excluding hydrogens is 833 g/mol. The van der Waals surface area contributed by atoms with Crippen LogP contribution in [0.2, 0.25) is 10.0 Å². The summed E-state index contributed by atoms with van der Waals surface area (Å²) in [7, 11) is 4.54. The van der Waals surface area contributed by atoms with Crippen LogP contribution in [0.5, 0.6) is 23.0 Å². The summed E-state index contributed by atoms with van der Waals surface area (Å²) in [6, 6.07) is 19.4. The van der Waals surface area contributed by atoms with E-state index >= 15 is 0 Å². The SMILES string of the molecule is COC(=O)C(C)(C)NCCN[C@@H](C)c1cc(F)cc(Cl)c1COc1ccc(OC)cc1.COc1ccc(OCc2c(Cl)cc(F)cc2[C@H](C)NCCNC(C)(C)C(=O)O)cc1. The van der Waals surface area contributed by atoms with Gasteiger partial charge in [-0.15, -0.1) is 0 Å². The van der Waals surface area contributed by atoms with Gasteiger partial charge < -0.3 is 50.1 Å². The van der Waals surface area contributed by atoms with Gasteiger partial charge in [0.25, 0.3) is 0 Å². The Kier molecular flexibility index (Phi) is 20.0. The summed E-state index contributed by atoms with van der Waals surface area (Å²) in [5.41, 5.74) is 0.982. The molecule has 0 fully saturated rings. The van der Waals surface area contributed by atoms with E-state index in [1.807, 2.05) is 13.8 Å². The first-order chi connectivity index (χ1) is 28.8. The molecule has 0 saturated carbocycles. The predicted octanol–water partition coefficient (Wildman–Crippen LogP) is 8.43. The molecule has 61 heavy (non-hydrogen) atoms. The van der Waals surface area contributed by atoms with E-state index in [4.69, 9.17) is 52.0 Å². The first-order valence-corrected chi connectivity index (χ1v) is 20.3. The third kappa shape index (κ3) is 15.9. The molecule has 12 nitrogen and oxygen atoms in total. The Bertz CT molecular complexity index is 2020. The molecule has 4 aromatic carbocycles. The molecule has 4 aromatic rings. The molecule has 4 rings (SSSR count). The summed E-state index contributed by atoms with van der Waals surface area (Å²) in [4.78, 5) is 22.9. The van der Waals surface area contributed by atoms with Crippen LogP contribution in [0.1, 0.15) is 75.9 Å². The number of halogens is 4. The monoisotopic (exact) mass is 890 g/mol. The summed E-state index contributed by atoms with van der Waals surface area (Å²) in [5.74, 6) is 0.648. The average Bonchev–Trinajstić information content (AvgIpc) is 3.22. The second-order valence-corrected chi connectivity index (χ2v) is 15.9. The molecule has 0 aliphatic carbocycles. The predicted molar refractivity (Wildman–Crippen MR) is 234 cm³/mol. The molecule has 5 N–H and O–H groups in total. The molecule has 0 spiro atoms. The van der Waals surface area contributed by atoms with Crippen LogP contribution in [0.15, 0.2) is 72.8 Å². The zero-order valence-electron chi connectivity index (χ0n) is 36.1. The Labute approximate surface area is 367 Å². The molecule has 16 heteroatoms. The summed E-state index contributed by atoms with van der Waals surface area (Å²) < 4.78 is 54.8. The van der Waals surface area contributed by atoms with Crippen molar-refractivity contribution < 1.29 is 47.2 Å². The highest BCUT2D eigenvalue weighted by Crippen LogP contribution is 2.30. The normalized spacial score (nSPS) is 12.4. The number of benzene rings is 4. The molecular formula is C45H58Cl2F2N4O8. The van der Waals surface area contributed by atoms with Gasteiger partial charge in [0.15, 0.2) is 0 Å². The standard InChI is InChI=1S/C23H30ClFN2O4.C22H28ClFN2O4/c1-15(26-10-11-27-23(2,3)22(28)30-5)19-12-16(25)13-21(24)20(19)14-31-18-8-6-17(29-4)7-9-18;1-14(25-9-10-26-22(2,3)21(27)28)18-11-15(24)12-20(23)19(18)13-30-17-7-5-16(29-4)6-8-17/h6-9,12-13,15,26-27H,10-11,14H2,1-5H3;5-8,11-12,14,25-26H,9-10,13H2,1-4H3,(H,27,28)/t15-;14-/m00/s1. The van der Waals surface area contributed by atoms with E-state index in [-0.39, 0.29) is 36.3 Å². The highest BCUT2D eigenvalue weighted by atomic mass is 35.5. The maximum atomic E-state index is 14.1. The second-order valence-electron chi connectivity index (χ2n) is 15.1. The fraction of sp³-hybridized carbons (Fsp3) is 0.422. The lowest BCUT2D eigenvalue weighted by molar-refractivity contribution is -0.147. The van der Waals surface area contributed by atoms with E-state index in [9.17, 15) is 18.4 Å². The summed E-state index contributed by atoms with van der Waals surface area (Å²) in [5, 5.41) is 22.4. The molecule has 0 aliphatic rings. The second kappa shape index (κ2) is 24.1. The van der Waals surface area contributed by atoms with Crippen LogP contribution in [0.25, 0.3) is 0 Å². The Morgan fingerprint density at radius 2 is 0.984 bits per heavy atom. The summed E-state index contributed by atoms with van der Waals surface area (Å²) in [6.07, 6.45) is 0. The Morgan fingerprint density at radius 3 is 1.33 bits per heavy atom. The number of rotatable bonds is 22. The van der Waals surface area contributed by atoms with Crippen molar-refractivity contribution in [3.05, 3.63) is 117 Å². The lowest BCUT2D eigenvalue weighted by Gasteiger charge is -2.24. The third-order valence-electron chi connectivity index (χ3n) is 9.72. The van der Waals surface area contributed by atoms with Crippen LogP contribution >= 0.6 is 23.2 Å². The smallest absolute Gasteiger partial charge is 0.325 e. The van der Waals surface area contributed by atoms with Crippen molar-refractivity contribution in [2.75, 3.05) is 47.5 Å². The van der Waals surface area contributed by atoms with Crippen LogP contribution in [0.3, 0.4) is 0 Å². The van der Waals surface area contributed by atoms with Gasteiger partial charge in [0.2, 0.25) is 0 Å². The minimum atomic E-state index is -1.02. The van der Waals surface area contributed by atoms with E-state index in [0.717, 1.165) is 11.5 Å². The maximum Gasteiger partial charge on any atom is 0.325 e. The van der Waals surface area contributed by atoms with Crippen LogP contribution in [0.4, 0.5) is 8.78 Å². The molecule has 2 atom stereocenters. The zero-order valence-corrected chi connectivity index (χ0v) is 37.7. The summed E-state index contributed by atoms with van der Waals surface area (Å²) in [6.45, 7) is 12.9. The van der Waals surface area contributed by atoms with Crippen LogP contribution in [0, 0.1) is 11.6 Å². The molecule has 0 amide bonds. The van der Waals surface area contributed by atoms with Gasteiger partial charge in [0.1, 0.15) is 58.9 Å². The lowest BCUT2D eigenvalue weighted by atomic mass is 10.0. The van der Waals surface area contributed by atoms with Gasteiger partial charge in [-0.1, -0.05) is 23.2 Å². The molecule has 0 bridgehead atoms. The van der Waals surface area contributed by atoms with Crippen molar-refractivity contribution in [1.82, 2.24) is 21.3 Å². The van der Waals surface area contributed by atoms with Crippen LogP contribution in [-0.4, -0.2) is 75.6 Å². The van der Waals surface area contributed by atoms with Gasteiger partial charge in [-0.25, -0.2) is 8.78 Å². The number of methoxy groups -OCH3 is 3. The minimum Gasteiger partial charge on any atom is -0.497 e. The topological polar surface area (TPSA) is 149 Å². The number of carbonyl (C=O) groups excluding carboxylic acids is 1. The Hall–Kier alpha value is -4.70. The number of ether oxygens (including phenoxy) is 5. The first kappa shape index (κ1) is 50.7. The van der Waals surface area contributed by atoms with Crippen molar-refractivity contribution in [3.8, 4) is 23.0 Å². The van der Waals surface area contributed by atoms with Gasteiger partial charge in [0, 0.05) is 49.4 Å². The van der Waals surface area contributed by atoms with E-state index in [1.54, 1.807) is 90.4 Å². The lowest BCUT2D eigenvalue weighted by Crippen LogP contribution is -2.49. The van der Waals surface area contributed by atoms with E-state index in [1.165, 1.54) is 31.4 Å². The van der Waals surface area contributed by atoms with Crippen molar-refractivity contribution in [2.45, 2.75) is 77.9 Å². The van der Waals surface area contributed by atoms with Gasteiger partial charge in [-0.3, -0.25) is 9.59 Å². The fourth-order valence-corrected chi connectivity index (χ4v) is 6.46. The zero-order chi connectivity index (χ0) is 45.3. The van der Waals surface area contributed by atoms with Crippen LogP contribution in [-0.2, 0) is 27.5 Å². The van der Waals surface area contributed by atoms with E-state index in [2.05, 4.69) is 21.3 Å². The molecule has 0 aliphatic heterocycles. The molecule has 0 radical (unpaired) electrons. The number of aliphatic carboxylic acids is 1. The molecule has 0 saturated heterocycles. The molecule has 334 valence electrons. The highest BCUT2D eigenvalue weighted by molar-refractivity contribution is 6.31. The van der Waals surface area contributed by atoms with Gasteiger partial charge in [0.05, 0.1) is 31.4 Å². The number of carboxylic acids is 1. The molecule has 0 heterocycles. The number of esters is 1. The highest BCUT2D eigenvalue weighted by Gasteiger charge is 2.28. The fourth-order valence-electron chi connectivity index (χ4n) is 5.93. The van der Waals surface area contributed by atoms with Crippen molar-refractivity contribution >= 4 is 35.1 Å². The van der Waals surface area contributed by atoms with Crippen LogP contribution < -0.4 is 40.2 Å². The number of carbonyl (C=O) groups is 2. The van der Waals surface area contributed by atoms with Gasteiger partial charge >= 0.3 is 11.9 Å².